The summed E-state index contributed by atoms with van der Waals surface area (Å²) in [6.07, 6.45) is 4.43. The highest BCUT2D eigenvalue weighted by molar-refractivity contribution is 5.79. The molecular weight excluding hydrogens is 361 g/mol. The summed E-state index contributed by atoms with van der Waals surface area (Å²) in [5.74, 6) is 0.202. The summed E-state index contributed by atoms with van der Waals surface area (Å²) in [6, 6.07) is 6.59. The second kappa shape index (κ2) is 8.36. The van der Waals surface area contributed by atoms with Crippen LogP contribution < -0.4 is 5.32 Å². The number of fused-ring (bicyclic) bond motifs is 3. The van der Waals surface area contributed by atoms with Gasteiger partial charge in [0, 0.05) is 38.4 Å². The number of carbonyl (C=O) groups excluding carboxylic acids is 1. The number of benzene rings is 1. The van der Waals surface area contributed by atoms with Gasteiger partial charge in [-0.1, -0.05) is 17.3 Å². The third-order valence-corrected chi connectivity index (χ3v) is 5.95. The Balaban J connectivity index is 1.31. The summed E-state index contributed by atoms with van der Waals surface area (Å²) < 4.78 is 14.8. The molecule has 2 bridgehead atoms. The highest BCUT2D eigenvalue weighted by Crippen LogP contribution is 2.37. The maximum Gasteiger partial charge on any atom is 0.224 e. The highest BCUT2D eigenvalue weighted by Gasteiger charge is 2.43. The maximum atomic E-state index is 13.0. The first kappa shape index (κ1) is 19.0. The van der Waals surface area contributed by atoms with E-state index in [4.69, 9.17) is 5.11 Å². The molecule has 2 aromatic rings. The molecule has 0 spiro atoms. The van der Waals surface area contributed by atoms with Crippen LogP contribution in [0.4, 0.5) is 4.39 Å². The number of hydrogen-bond donors (Lipinski definition) is 2. The van der Waals surface area contributed by atoms with E-state index in [2.05, 4.69) is 20.5 Å². The van der Waals surface area contributed by atoms with E-state index in [0.717, 1.165) is 43.7 Å². The lowest BCUT2D eigenvalue weighted by Gasteiger charge is -2.49. The largest absolute Gasteiger partial charge is 0.396 e. The van der Waals surface area contributed by atoms with Crippen LogP contribution in [0.25, 0.3) is 0 Å². The number of nitrogens with zero attached hydrogens (tertiary/aromatic N) is 4. The van der Waals surface area contributed by atoms with Crippen molar-refractivity contribution in [1.82, 2.24) is 25.2 Å². The van der Waals surface area contributed by atoms with Crippen LogP contribution in [0.2, 0.25) is 0 Å². The van der Waals surface area contributed by atoms with E-state index in [1.54, 1.807) is 12.1 Å². The number of nitrogens with one attached hydrogen (secondary N) is 1. The topological polar surface area (TPSA) is 83.3 Å². The van der Waals surface area contributed by atoms with E-state index >= 15 is 0 Å². The molecule has 0 aliphatic carbocycles. The Labute approximate surface area is 163 Å². The number of aliphatic hydroxyl groups excluding tert-OH is 1. The minimum Gasteiger partial charge on any atom is -0.396 e. The molecule has 1 amide bonds. The van der Waals surface area contributed by atoms with Gasteiger partial charge < -0.3 is 10.4 Å². The zero-order valence-corrected chi connectivity index (χ0v) is 15.8. The molecule has 3 aliphatic rings. The summed E-state index contributed by atoms with van der Waals surface area (Å²) in [4.78, 5) is 15.1. The Hall–Kier alpha value is -2.32. The summed E-state index contributed by atoms with van der Waals surface area (Å²) in [6.45, 7) is 3.04. The normalized spacial score (nSPS) is 26.4. The van der Waals surface area contributed by atoms with Gasteiger partial charge in [-0.25, -0.2) is 4.39 Å². The fourth-order valence-electron chi connectivity index (χ4n) is 4.42. The summed E-state index contributed by atoms with van der Waals surface area (Å²) in [7, 11) is 0. The van der Waals surface area contributed by atoms with Gasteiger partial charge >= 0.3 is 0 Å². The number of halogens is 1. The van der Waals surface area contributed by atoms with Crippen LogP contribution >= 0.6 is 0 Å². The first-order valence-corrected chi connectivity index (χ1v) is 9.88. The van der Waals surface area contributed by atoms with Crippen molar-refractivity contribution in [2.45, 2.75) is 38.4 Å². The number of rotatable bonds is 7. The van der Waals surface area contributed by atoms with Crippen LogP contribution in [0, 0.1) is 17.7 Å². The van der Waals surface area contributed by atoms with Crippen LogP contribution in [0.15, 0.2) is 30.5 Å². The predicted molar refractivity (Wildman–Crippen MR) is 101 cm³/mol. The third kappa shape index (κ3) is 4.23. The van der Waals surface area contributed by atoms with Crippen molar-refractivity contribution >= 4 is 5.91 Å². The Kier molecular flexibility index (Phi) is 5.68. The van der Waals surface area contributed by atoms with Crippen LogP contribution in [0.1, 0.15) is 24.1 Å². The highest BCUT2D eigenvalue weighted by atomic mass is 19.1. The predicted octanol–water partition coefficient (Wildman–Crippen LogP) is 0.979. The molecule has 0 radical (unpaired) electrons. The van der Waals surface area contributed by atoms with Gasteiger partial charge in [-0.2, -0.15) is 0 Å². The first-order valence-electron chi connectivity index (χ1n) is 9.88. The third-order valence-electron chi connectivity index (χ3n) is 5.95. The minimum absolute atomic E-state index is 0.00569. The van der Waals surface area contributed by atoms with Crippen LogP contribution in [0.5, 0.6) is 0 Å². The van der Waals surface area contributed by atoms with E-state index in [-0.39, 0.29) is 24.2 Å². The molecule has 1 aromatic carbocycles. The molecule has 7 nitrogen and oxygen atoms in total. The Morgan fingerprint density at radius 2 is 2.14 bits per heavy atom. The van der Waals surface area contributed by atoms with Gasteiger partial charge in [0.2, 0.25) is 5.91 Å². The number of carbonyl (C=O) groups is 1. The van der Waals surface area contributed by atoms with E-state index < -0.39 is 0 Å². The zero-order valence-electron chi connectivity index (χ0n) is 15.8. The van der Waals surface area contributed by atoms with Gasteiger partial charge in [-0.15, -0.1) is 5.10 Å². The van der Waals surface area contributed by atoms with Crippen LogP contribution in [0.3, 0.4) is 0 Å². The summed E-state index contributed by atoms with van der Waals surface area (Å²) in [5, 5.41) is 20.3. The van der Waals surface area contributed by atoms with Crippen molar-refractivity contribution in [2.24, 2.45) is 11.8 Å². The van der Waals surface area contributed by atoms with E-state index in [9.17, 15) is 9.18 Å². The molecule has 5 rings (SSSR count). The summed E-state index contributed by atoms with van der Waals surface area (Å²) >= 11 is 0. The molecule has 3 saturated heterocycles. The molecule has 4 atom stereocenters. The molecule has 3 aliphatic heterocycles. The van der Waals surface area contributed by atoms with Gasteiger partial charge in [-0.05, 0) is 43.0 Å². The molecular formula is C20H26FN5O2. The molecule has 8 heteroatoms. The number of aromatic nitrogens is 3. The second-order valence-corrected chi connectivity index (χ2v) is 7.79. The maximum absolute atomic E-state index is 13.0. The lowest BCUT2D eigenvalue weighted by molar-refractivity contribution is -0.133. The van der Waals surface area contributed by atoms with Gasteiger partial charge in [0.15, 0.2) is 0 Å². The van der Waals surface area contributed by atoms with Gasteiger partial charge in [0.05, 0.1) is 18.2 Å². The molecule has 1 aromatic heterocycles. The Morgan fingerprint density at radius 3 is 2.86 bits per heavy atom. The molecule has 3 fully saturated rings. The Bertz CT molecular complexity index is 809. The average molecular weight is 387 g/mol. The van der Waals surface area contributed by atoms with E-state index in [1.165, 1.54) is 12.1 Å². The number of amides is 1. The van der Waals surface area contributed by atoms with Crippen molar-refractivity contribution in [3.63, 3.8) is 0 Å². The monoisotopic (exact) mass is 387 g/mol. The fourth-order valence-corrected chi connectivity index (χ4v) is 4.42. The van der Waals surface area contributed by atoms with Crippen molar-refractivity contribution < 1.29 is 14.3 Å². The quantitative estimate of drug-likeness (QED) is 0.740. The van der Waals surface area contributed by atoms with Crippen molar-refractivity contribution in [3.05, 3.63) is 47.5 Å². The fraction of sp³-hybridized carbons (Fsp3) is 0.550. The molecule has 150 valence electrons. The molecule has 28 heavy (non-hydrogen) atoms. The van der Waals surface area contributed by atoms with Gasteiger partial charge in [-0.3, -0.25) is 14.4 Å². The smallest absolute Gasteiger partial charge is 0.224 e. The molecule has 0 saturated carbocycles. The van der Waals surface area contributed by atoms with Gasteiger partial charge in [0.1, 0.15) is 5.82 Å². The number of piperidine rings is 3. The second-order valence-electron chi connectivity index (χ2n) is 7.79. The number of aliphatic hydroxyl groups is 1. The molecule has 2 N–H and O–H groups in total. The molecule has 4 heterocycles. The van der Waals surface area contributed by atoms with Crippen molar-refractivity contribution in [3.8, 4) is 0 Å². The Morgan fingerprint density at radius 1 is 1.32 bits per heavy atom. The standard InChI is InChI=1S/C20H26FN5O2/c21-16-3-1-14(2-4-16)10-22-20(28)19-13-25-7-5-15(19)9-18(25)12-26-11-17(6-8-27)23-24-26/h1-4,11,15,18-19,27H,5-10,12-13H2,(H,22,28)/t15-,18-,19+/m1/s1. The van der Waals surface area contributed by atoms with E-state index in [0.29, 0.717) is 24.9 Å². The number of hydrogen-bond acceptors (Lipinski definition) is 5. The lowest BCUT2D eigenvalue weighted by Crippen LogP contribution is -2.58. The van der Waals surface area contributed by atoms with Crippen LogP contribution in [-0.2, 0) is 24.3 Å². The van der Waals surface area contributed by atoms with Gasteiger partial charge in [0.25, 0.3) is 0 Å². The van der Waals surface area contributed by atoms with Crippen molar-refractivity contribution in [2.75, 3.05) is 19.7 Å². The lowest BCUT2D eigenvalue weighted by atomic mass is 9.75. The van der Waals surface area contributed by atoms with E-state index in [1.807, 2.05) is 10.9 Å². The summed E-state index contributed by atoms with van der Waals surface area (Å²) in [5.41, 5.74) is 1.70. The van der Waals surface area contributed by atoms with Crippen molar-refractivity contribution in [1.29, 1.82) is 0 Å². The van der Waals surface area contributed by atoms with Crippen LogP contribution in [-0.4, -0.2) is 56.6 Å². The minimum atomic E-state index is -0.269. The average Bonchev–Trinajstić information content (AvgIpc) is 3.15. The molecule has 1 unspecified atom stereocenters. The zero-order chi connectivity index (χ0) is 19.5. The SMILES string of the molecule is O=C(NCc1ccc(F)cc1)[C@H]1CN2CC[C@@H]1C[C@@H]2Cn1cc(CCO)nn1. The first-order chi connectivity index (χ1) is 13.6.